The molecule has 0 saturated carbocycles. The molecule has 0 unspecified atom stereocenters. The Morgan fingerprint density at radius 2 is 1.78 bits per heavy atom. The average Bonchev–Trinajstić information content (AvgIpc) is 2.79. The molecule has 1 aliphatic carbocycles. The number of aromatic nitrogens is 1. The lowest BCUT2D eigenvalue weighted by atomic mass is 10.1. The summed E-state index contributed by atoms with van der Waals surface area (Å²) in [5.74, 6) is 0. The first-order chi connectivity index (χ1) is 8.81. The number of hydrogen-bond donors (Lipinski definition) is 1. The minimum absolute atomic E-state index is 0.560. The number of pyridine rings is 1. The van der Waals surface area contributed by atoms with Gasteiger partial charge < -0.3 is 5.32 Å². The average molecular weight is 238 g/mol. The van der Waals surface area contributed by atoms with Gasteiger partial charge in [0.25, 0.3) is 0 Å². The second-order valence-corrected chi connectivity index (χ2v) is 5.03. The minimum atomic E-state index is 0.560. The predicted octanol–water partition coefficient (Wildman–Crippen LogP) is 2.65. The molecule has 2 nitrogen and oxygen atoms in total. The molecular weight excluding hydrogens is 220 g/mol. The highest BCUT2D eigenvalue weighted by Crippen LogP contribution is 2.21. The third kappa shape index (κ3) is 2.44. The van der Waals surface area contributed by atoms with E-state index in [0.29, 0.717) is 6.04 Å². The second-order valence-electron chi connectivity index (χ2n) is 5.03. The van der Waals surface area contributed by atoms with E-state index in [9.17, 15) is 0 Å². The number of hydrogen-bond acceptors (Lipinski definition) is 2. The van der Waals surface area contributed by atoms with Gasteiger partial charge in [-0.1, -0.05) is 30.3 Å². The van der Waals surface area contributed by atoms with Crippen LogP contribution in [0.3, 0.4) is 0 Å². The smallest absolute Gasteiger partial charge is 0.0544 e. The fraction of sp³-hybridized carbons (Fsp3) is 0.312. The van der Waals surface area contributed by atoms with Gasteiger partial charge in [-0.3, -0.25) is 4.98 Å². The van der Waals surface area contributed by atoms with Crippen LogP contribution in [0.25, 0.3) is 0 Å². The molecule has 0 atom stereocenters. The molecule has 3 rings (SSSR count). The van der Waals surface area contributed by atoms with Crippen molar-refractivity contribution < 1.29 is 0 Å². The van der Waals surface area contributed by atoms with Crippen molar-refractivity contribution in [2.24, 2.45) is 0 Å². The van der Waals surface area contributed by atoms with Crippen molar-refractivity contribution in [2.45, 2.75) is 32.4 Å². The SMILES string of the molecule is Cc1cccc(CNC2Cc3ccccc3C2)n1. The molecule has 0 aliphatic heterocycles. The van der Waals surface area contributed by atoms with Crippen molar-refractivity contribution in [1.82, 2.24) is 10.3 Å². The number of aryl methyl sites for hydroxylation is 1. The van der Waals surface area contributed by atoms with Gasteiger partial charge in [-0.25, -0.2) is 0 Å². The molecule has 2 aromatic rings. The number of rotatable bonds is 3. The van der Waals surface area contributed by atoms with E-state index in [1.54, 1.807) is 0 Å². The first-order valence-electron chi connectivity index (χ1n) is 6.54. The lowest BCUT2D eigenvalue weighted by molar-refractivity contribution is 0.527. The molecule has 1 aromatic heterocycles. The van der Waals surface area contributed by atoms with Crippen LogP contribution in [-0.4, -0.2) is 11.0 Å². The molecule has 92 valence electrons. The Balaban J connectivity index is 1.60. The van der Waals surface area contributed by atoms with Crippen LogP contribution in [0.15, 0.2) is 42.5 Å². The Kier molecular flexibility index (Phi) is 3.11. The first kappa shape index (κ1) is 11.4. The highest BCUT2D eigenvalue weighted by Gasteiger charge is 2.20. The molecule has 0 bridgehead atoms. The van der Waals surface area contributed by atoms with Crippen LogP contribution >= 0.6 is 0 Å². The zero-order valence-corrected chi connectivity index (χ0v) is 10.7. The molecule has 2 heteroatoms. The van der Waals surface area contributed by atoms with E-state index in [-0.39, 0.29) is 0 Å². The number of nitrogens with one attached hydrogen (secondary N) is 1. The predicted molar refractivity (Wildman–Crippen MR) is 73.5 cm³/mol. The summed E-state index contributed by atoms with van der Waals surface area (Å²) < 4.78 is 0. The standard InChI is InChI=1S/C16H18N2/c1-12-5-4-8-15(18-12)11-17-16-9-13-6-2-3-7-14(13)10-16/h2-8,16-17H,9-11H2,1H3. The topological polar surface area (TPSA) is 24.9 Å². The van der Waals surface area contributed by atoms with Crippen molar-refractivity contribution in [2.75, 3.05) is 0 Å². The maximum Gasteiger partial charge on any atom is 0.0544 e. The first-order valence-corrected chi connectivity index (χ1v) is 6.54. The fourth-order valence-corrected chi connectivity index (χ4v) is 2.65. The monoisotopic (exact) mass is 238 g/mol. The quantitative estimate of drug-likeness (QED) is 0.889. The van der Waals surface area contributed by atoms with Gasteiger partial charge in [0, 0.05) is 18.3 Å². The van der Waals surface area contributed by atoms with Gasteiger partial charge in [0.05, 0.1) is 5.69 Å². The maximum absolute atomic E-state index is 4.52. The third-order valence-corrected chi connectivity index (χ3v) is 3.57. The van der Waals surface area contributed by atoms with E-state index in [0.717, 1.165) is 30.8 Å². The van der Waals surface area contributed by atoms with Gasteiger partial charge in [0.1, 0.15) is 0 Å². The van der Waals surface area contributed by atoms with Gasteiger partial charge in [-0.05, 0) is 43.0 Å². The van der Waals surface area contributed by atoms with Gasteiger partial charge in [0.2, 0.25) is 0 Å². The molecule has 18 heavy (non-hydrogen) atoms. The highest BCUT2D eigenvalue weighted by atomic mass is 14.9. The van der Waals surface area contributed by atoms with Crippen LogP contribution in [0, 0.1) is 6.92 Å². The van der Waals surface area contributed by atoms with Gasteiger partial charge >= 0.3 is 0 Å². The summed E-state index contributed by atoms with van der Waals surface area (Å²) in [5, 5.41) is 3.61. The molecule has 0 saturated heterocycles. The zero-order chi connectivity index (χ0) is 12.4. The van der Waals surface area contributed by atoms with E-state index in [2.05, 4.69) is 46.7 Å². The fourth-order valence-electron chi connectivity index (χ4n) is 2.65. The molecule has 1 heterocycles. The molecule has 0 radical (unpaired) electrons. The summed E-state index contributed by atoms with van der Waals surface area (Å²) in [6, 6.07) is 15.5. The molecule has 0 fully saturated rings. The Hall–Kier alpha value is -1.67. The summed E-state index contributed by atoms with van der Waals surface area (Å²) >= 11 is 0. The van der Waals surface area contributed by atoms with E-state index in [1.165, 1.54) is 11.1 Å². The summed E-state index contributed by atoms with van der Waals surface area (Å²) in [6.07, 6.45) is 2.28. The summed E-state index contributed by atoms with van der Waals surface area (Å²) in [4.78, 5) is 4.52. The Morgan fingerprint density at radius 1 is 1.06 bits per heavy atom. The zero-order valence-electron chi connectivity index (χ0n) is 10.7. The Morgan fingerprint density at radius 3 is 2.44 bits per heavy atom. The summed E-state index contributed by atoms with van der Waals surface area (Å²) in [7, 11) is 0. The van der Waals surface area contributed by atoms with Crippen molar-refractivity contribution in [3.8, 4) is 0 Å². The van der Waals surface area contributed by atoms with E-state index in [1.807, 2.05) is 13.0 Å². The van der Waals surface area contributed by atoms with Crippen molar-refractivity contribution >= 4 is 0 Å². The van der Waals surface area contributed by atoms with E-state index in [4.69, 9.17) is 0 Å². The van der Waals surface area contributed by atoms with Gasteiger partial charge in [0.15, 0.2) is 0 Å². The van der Waals surface area contributed by atoms with Crippen molar-refractivity contribution in [3.63, 3.8) is 0 Å². The molecule has 1 aromatic carbocycles. The van der Waals surface area contributed by atoms with Crippen LogP contribution in [0.5, 0.6) is 0 Å². The van der Waals surface area contributed by atoms with Crippen molar-refractivity contribution in [1.29, 1.82) is 0 Å². The normalized spacial score (nSPS) is 14.7. The van der Waals surface area contributed by atoms with Crippen LogP contribution in [0.1, 0.15) is 22.5 Å². The second kappa shape index (κ2) is 4.91. The largest absolute Gasteiger partial charge is 0.308 e. The number of benzene rings is 1. The number of fused-ring (bicyclic) bond motifs is 1. The minimum Gasteiger partial charge on any atom is -0.308 e. The van der Waals surface area contributed by atoms with Gasteiger partial charge in [-0.15, -0.1) is 0 Å². The van der Waals surface area contributed by atoms with Crippen LogP contribution in [0.2, 0.25) is 0 Å². The summed E-state index contributed by atoms with van der Waals surface area (Å²) in [6.45, 7) is 2.90. The van der Waals surface area contributed by atoms with Gasteiger partial charge in [-0.2, -0.15) is 0 Å². The van der Waals surface area contributed by atoms with Crippen LogP contribution in [0.4, 0.5) is 0 Å². The molecular formula is C16H18N2. The molecule has 0 amide bonds. The lowest BCUT2D eigenvalue weighted by Crippen LogP contribution is -2.29. The lowest BCUT2D eigenvalue weighted by Gasteiger charge is -2.11. The van der Waals surface area contributed by atoms with E-state index >= 15 is 0 Å². The van der Waals surface area contributed by atoms with Crippen LogP contribution < -0.4 is 5.32 Å². The van der Waals surface area contributed by atoms with Crippen molar-refractivity contribution in [3.05, 3.63) is 65.0 Å². The highest BCUT2D eigenvalue weighted by molar-refractivity contribution is 5.33. The number of nitrogens with zero attached hydrogens (tertiary/aromatic N) is 1. The molecule has 1 N–H and O–H groups in total. The summed E-state index contributed by atoms with van der Waals surface area (Å²) in [5.41, 5.74) is 5.20. The molecule has 1 aliphatic rings. The van der Waals surface area contributed by atoms with E-state index < -0.39 is 0 Å². The van der Waals surface area contributed by atoms with Crippen LogP contribution in [-0.2, 0) is 19.4 Å². The Bertz CT molecular complexity index is 523. The Labute approximate surface area is 108 Å². The maximum atomic E-state index is 4.52. The molecule has 0 spiro atoms. The third-order valence-electron chi connectivity index (χ3n) is 3.57.